The SMILES string of the molecule is COc1ccc2c(c1C(=O)O[NH3+])O[B-](O)(O)CC2CN. The molecule has 2 rings (SSSR count). The van der Waals surface area contributed by atoms with Gasteiger partial charge in [-0.3, -0.25) is 4.84 Å². The van der Waals surface area contributed by atoms with Crippen LogP contribution in [0.25, 0.3) is 0 Å². The number of rotatable bonds is 3. The van der Waals surface area contributed by atoms with Gasteiger partial charge in [-0.2, -0.15) is 5.90 Å². The number of quaternary nitrogens is 1. The summed E-state index contributed by atoms with van der Waals surface area (Å²) in [6.07, 6.45) is -0.0330. The summed E-state index contributed by atoms with van der Waals surface area (Å²) in [7, 11) is 1.38. The molecule has 1 unspecified atom stereocenters. The topological polar surface area (TPSA) is 139 Å². The van der Waals surface area contributed by atoms with Crippen molar-refractivity contribution in [2.24, 2.45) is 5.73 Å². The monoisotopic (exact) mass is 284 g/mol. The van der Waals surface area contributed by atoms with Crippen LogP contribution in [0.3, 0.4) is 0 Å². The molecule has 1 aliphatic heterocycles. The summed E-state index contributed by atoms with van der Waals surface area (Å²) in [4.78, 5) is 16.3. The lowest BCUT2D eigenvalue weighted by Gasteiger charge is -2.41. The maximum absolute atomic E-state index is 11.8. The van der Waals surface area contributed by atoms with Gasteiger partial charge in [0.05, 0.1) is 12.9 Å². The highest BCUT2D eigenvalue weighted by Crippen LogP contribution is 2.43. The van der Waals surface area contributed by atoms with Crippen molar-refractivity contribution in [2.45, 2.75) is 12.2 Å². The van der Waals surface area contributed by atoms with Crippen molar-refractivity contribution in [3.63, 3.8) is 0 Å². The number of benzene rings is 1. The maximum Gasteiger partial charge on any atom is 0.431 e. The summed E-state index contributed by atoms with van der Waals surface area (Å²) in [5, 5.41) is 19.6. The van der Waals surface area contributed by atoms with Gasteiger partial charge in [-0.15, -0.1) is 0 Å². The molecule has 1 aliphatic rings. The highest BCUT2D eigenvalue weighted by molar-refractivity contribution is 6.59. The summed E-state index contributed by atoms with van der Waals surface area (Å²) < 4.78 is 10.2. The third-order valence-corrected chi connectivity index (χ3v) is 3.33. The summed E-state index contributed by atoms with van der Waals surface area (Å²) in [5.41, 5.74) is 6.21. The Labute approximate surface area is 115 Å². The van der Waals surface area contributed by atoms with E-state index in [2.05, 4.69) is 10.7 Å². The van der Waals surface area contributed by atoms with Crippen LogP contribution in [0.15, 0.2) is 12.1 Å². The van der Waals surface area contributed by atoms with Gasteiger partial charge < -0.3 is 25.2 Å². The van der Waals surface area contributed by atoms with Gasteiger partial charge in [0.1, 0.15) is 11.3 Å². The van der Waals surface area contributed by atoms with Gasteiger partial charge in [0, 0.05) is 0 Å². The van der Waals surface area contributed by atoms with Crippen LogP contribution in [-0.2, 0) is 4.84 Å². The first kappa shape index (κ1) is 14.6. The van der Waals surface area contributed by atoms with E-state index in [9.17, 15) is 14.8 Å². The van der Waals surface area contributed by atoms with Crippen molar-refractivity contribution in [1.82, 2.24) is 0 Å². The molecule has 0 spiro atoms. The smallest absolute Gasteiger partial charge is 0.431 e. The van der Waals surface area contributed by atoms with Gasteiger partial charge >= 0.3 is 12.7 Å². The molecule has 0 bridgehead atoms. The number of carbonyl (C=O) groups excluding carboxylic acids is 1. The lowest BCUT2D eigenvalue weighted by atomic mass is 9.65. The normalized spacial score (nSPS) is 19.8. The Balaban J connectivity index is 2.65. The molecule has 110 valence electrons. The van der Waals surface area contributed by atoms with Gasteiger partial charge in [-0.1, -0.05) is 12.4 Å². The van der Waals surface area contributed by atoms with E-state index in [1.54, 1.807) is 12.1 Å². The average Bonchev–Trinajstić information content (AvgIpc) is 2.43. The fraction of sp³-hybridized carbons (Fsp3) is 0.364. The lowest BCUT2D eigenvalue weighted by molar-refractivity contribution is -0.653. The van der Waals surface area contributed by atoms with Gasteiger partial charge in [-0.05, 0) is 24.1 Å². The van der Waals surface area contributed by atoms with Crippen molar-refractivity contribution in [3.05, 3.63) is 23.3 Å². The highest BCUT2D eigenvalue weighted by atomic mass is 16.7. The van der Waals surface area contributed by atoms with Gasteiger partial charge in [-0.25, -0.2) is 4.79 Å². The number of carbonyl (C=O) groups is 1. The molecule has 20 heavy (non-hydrogen) atoms. The molecule has 7 N–H and O–H groups in total. The van der Waals surface area contributed by atoms with E-state index >= 15 is 0 Å². The Hall–Kier alpha value is -1.81. The molecule has 1 aromatic rings. The number of fused-ring (bicyclic) bond motifs is 1. The minimum atomic E-state index is -3.08. The minimum absolute atomic E-state index is 0.0182. The fourth-order valence-electron chi connectivity index (χ4n) is 2.42. The van der Waals surface area contributed by atoms with Crippen molar-refractivity contribution in [3.8, 4) is 11.5 Å². The quantitative estimate of drug-likeness (QED) is 0.386. The second-order valence-corrected chi connectivity index (χ2v) is 4.64. The Bertz CT molecular complexity index is 536. The van der Waals surface area contributed by atoms with E-state index in [0.29, 0.717) is 5.56 Å². The molecule has 0 amide bonds. The second-order valence-electron chi connectivity index (χ2n) is 4.64. The first-order valence-electron chi connectivity index (χ1n) is 6.10. The predicted molar refractivity (Wildman–Crippen MR) is 68.7 cm³/mol. The third kappa shape index (κ3) is 2.43. The maximum atomic E-state index is 11.8. The summed E-state index contributed by atoms with van der Waals surface area (Å²) in [6.45, 7) is -2.90. The molecule has 0 aliphatic carbocycles. The number of nitrogens with two attached hydrogens (primary N) is 1. The van der Waals surface area contributed by atoms with E-state index in [-0.39, 0.29) is 35.8 Å². The molecule has 0 aromatic heterocycles. The summed E-state index contributed by atoms with van der Waals surface area (Å²) in [5.74, 6) is 2.14. The van der Waals surface area contributed by atoms with Crippen LogP contribution in [0.1, 0.15) is 21.8 Å². The first-order valence-corrected chi connectivity index (χ1v) is 6.10. The number of hydrogen-bond donors (Lipinski definition) is 4. The zero-order chi connectivity index (χ0) is 14.9. The van der Waals surface area contributed by atoms with Crippen molar-refractivity contribution < 1.29 is 35.0 Å². The standard InChI is InChI=1S/C11H17BN2O6/c1-18-8-3-2-7-6(5-13)4-12(16,17)19-10(7)9(8)11(15)20-14/h2-3,6,16-17H,4-5,13H2,1,14H3. The average molecular weight is 284 g/mol. The lowest BCUT2D eigenvalue weighted by Crippen LogP contribution is -2.52. The van der Waals surface area contributed by atoms with Crippen LogP contribution in [0.5, 0.6) is 11.5 Å². The molecule has 0 saturated heterocycles. The van der Waals surface area contributed by atoms with E-state index < -0.39 is 12.7 Å². The molecule has 1 heterocycles. The Kier molecular flexibility index (Phi) is 3.86. The molecular formula is C11H17BN2O6. The van der Waals surface area contributed by atoms with Crippen molar-refractivity contribution in [1.29, 1.82) is 0 Å². The number of ether oxygens (including phenoxy) is 1. The van der Waals surface area contributed by atoms with Gasteiger partial charge in [0.15, 0.2) is 0 Å². The number of hydrogen-bond acceptors (Lipinski definition) is 7. The van der Waals surface area contributed by atoms with Crippen LogP contribution >= 0.6 is 0 Å². The van der Waals surface area contributed by atoms with Crippen LogP contribution in [0, 0.1) is 0 Å². The molecule has 1 atom stereocenters. The summed E-state index contributed by atoms with van der Waals surface area (Å²) >= 11 is 0. The third-order valence-electron chi connectivity index (χ3n) is 3.33. The van der Waals surface area contributed by atoms with Crippen LogP contribution in [0.4, 0.5) is 0 Å². The van der Waals surface area contributed by atoms with Crippen molar-refractivity contribution >= 4 is 12.7 Å². The Morgan fingerprint density at radius 1 is 1.60 bits per heavy atom. The van der Waals surface area contributed by atoms with Crippen LogP contribution in [0.2, 0.25) is 6.32 Å². The molecule has 0 saturated carbocycles. The molecular weight excluding hydrogens is 267 g/mol. The Morgan fingerprint density at radius 3 is 2.85 bits per heavy atom. The predicted octanol–water partition coefficient (Wildman–Crippen LogP) is -1.63. The summed E-state index contributed by atoms with van der Waals surface area (Å²) in [6, 6.07) is 3.25. The van der Waals surface area contributed by atoms with E-state index in [1.807, 2.05) is 0 Å². The molecule has 8 nitrogen and oxygen atoms in total. The Morgan fingerprint density at radius 2 is 2.30 bits per heavy atom. The van der Waals surface area contributed by atoms with E-state index in [4.69, 9.17) is 15.1 Å². The highest BCUT2D eigenvalue weighted by Gasteiger charge is 2.38. The minimum Gasteiger partial charge on any atom is -0.669 e. The zero-order valence-electron chi connectivity index (χ0n) is 11.0. The fourth-order valence-corrected chi connectivity index (χ4v) is 2.42. The van der Waals surface area contributed by atoms with E-state index in [0.717, 1.165) is 0 Å². The second kappa shape index (κ2) is 5.29. The molecule has 0 fully saturated rings. The zero-order valence-corrected chi connectivity index (χ0v) is 11.0. The van der Waals surface area contributed by atoms with Gasteiger partial charge in [0.25, 0.3) is 0 Å². The molecule has 9 heteroatoms. The van der Waals surface area contributed by atoms with Crippen molar-refractivity contribution in [2.75, 3.05) is 13.7 Å². The van der Waals surface area contributed by atoms with E-state index in [1.165, 1.54) is 7.11 Å². The largest absolute Gasteiger partial charge is 0.669 e. The van der Waals surface area contributed by atoms with Gasteiger partial charge in [0.2, 0.25) is 0 Å². The number of methoxy groups -OCH3 is 1. The van der Waals surface area contributed by atoms with Crippen LogP contribution < -0.4 is 21.0 Å². The first-order chi connectivity index (χ1) is 9.43. The molecule has 1 aromatic carbocycles. The molecule has 0 radical (unpaired) electrons. The van der Waals surface area contributed by atoms with Crippen LogP contribution in [-0.4, -0.2) is 36.4 Å².